The minimum absolute atomic E-state index is 0.0384. The van der Waals surface area contributed by atoms with Gasteiger partial charge in [-0.15, -0.1) is 0 Å². The largest absolute Gasteiger partial charge is 0.454 e. The van der Waals surface area contributed by atoms with Gasteiger partial charge >= 0.3 is 0 Å². The van der Waals surface area contributed by atoms with Crippen LogP contribution in [-0.4, -0.2) is 11.0 Å². The molecule has 1 aliphatic heterocycles. The molecule has 3 heterocycles. The molecule has 0 saturated heterocycles. The van der Waals surface area contributed by atoms with Crippen LogP contribution in [0.3, 0.4) is 0 Å². The Morgan fingerprint density at radius 1 is 0.800 bits per heavy atom. The Hall–Kier alpha value is -4.57. The minimum Gasteiger partial charge on any atom is -0.454 e. The lowest BCUT2D eigenvalue weighted by atomic mass is 9.91. The molecule has 1 aliphatic carbocycles. The second kappa shape index (κ2) is 6.97. The Morgan fingerprint density at radius 3 is 2.66 bits per heavy atom. The maximum absolute atomic E-state index is 8.32. The first-order chi connectivity index (χ1) is 19.0. The van der Waals surface area contributed by atoms with Crippen molar-refractivity contribution in [2.75, 3.05) is 4.90 Å². The number of anilines is 2. The van der Waals surface area contributed by atoms with Gasteiger partial charge in [-0.1, -0.05) is 72.8 Å². The van der Waals surface area contributed by atoms with E-state index in [0.29, 0.717) is 11.1 Å². The molecular weight excluding hydrogens is 432 g/mol. The zero-order valence-electron chi connectivity index (χ0n) is 22.4. The van der Waals surface area contributed by atoms with Crippen molar-refractivity contribution in [2.24, 2.45) is 0 Å². The van der Waals surface area contributed by atoms with Gasteiger partial charge in [0.2, 0.25) is 5.89 Å². The van der Waals surface area contributed by atoms with Crippen LogP contribution in [0.1, 0.15) is 17.0 Å². The average Bonchev–Trinajstić information content (AvgIpc) is 3.67. The number of benzene rings is 4. The van der Waals surface area contributed by atoms with Gasteiger partial charge in [0.25, 0.3) is 0 Å². The molecule has 6 aromatic rings. The van der Waals surface area contributed by atoms with Crippen LogP contribution in [0.15, 0.2) is 118 Å². The van der Waals surface area contributed by atoms with Crippen molar-refractivity contribution in [3.05, 3.63) is 115 Å². The summed E-state index contributed by atoms with van der Waals surface area (Å²) >= 11 is 0. The van der Waals surface area contributed by atoms with Gasteiger partial charge in [-0.05, 0) is 41.9 Å². The highest BCUT2D eigenvalue weighted by atomic mass is 16.3. The lowest BCUT2D eigenvalue weighted by Gasteiger charge is -2.28. The SMILES string of the molecule is [2H]c1c([2H])c([2H])c2oc(-c3ccc(N4c5ccccc5C5C=CC=CC54)c4oc5ccccc5c34)nc2c1[2H]. The van der Waals surface area contributed by atoms with Crippen LogP contribution < -0.4 is 4.90 Å². The first-order valence-electron chi connectivity index (χ1n) is 13.6. The van der Waals surface area contributed by atoms with Gasteiger partial charge in [-0.2, -0.15) is 0 Å². The summed E-state index contributed by atoms with van der Waals surface area (Å²) in [6.45, 7) is 0. The number of oxazole rings is 1. The van der Waals surface area contributed by atoms with E-state index in [0.717, 1.165) is 27.7 Å². The second-order valence-electron chi connectivity index (χ2n) is 8.85. The zero-order chi connectivity index (χ0) is 26.4. The van der Waals surface area contributed by atoms with E-state index in [4.69, 9.17) is 14.3 Å². The van der Waals surface area contributed by atoms with Gasteiger partial charge in [0.15, 0.2) is 11.2 Å². The van der Waals surface area contributed by atoms with Crippen molar-refractivity contribution < 1.29 is 14.3 Å². The highest BCUT2D eigenvalue weighted by Gasteiger charge is 2.38. The molecule has 0 bridgehead atoms. The van der Waals surface area contributed by atoms with Crippen molar-refractivity contribution >= 4 is 44.4 Å². The first-order valence-corrected chi connectivity index (χ1v) is 11.6. The van der Waals surface area contributed by atoms with Crippen LogP contribution in [0.25, 0.3) is 44.5 Å². The predicted molar refractivity (Wildman–Crippen MR) is 140 cm³/mol. The number of allylic oxidation sites excluding steroid dienone is 2. The van der Waals surface area contributed by atoms with E-state index in [1.54, 1.807) is 0 Å². The molecule has 0 radical (unpaired) electrons. The quantitative estimate of drug-likeness (QED) is 0.264. The molecule has 4 aromatic carbocycles. The summed E-state index contributed by atoms with van der Waals surface area (Å²) in [5, 5.41) is 1.72. The van der Waals surface area contributed by atoms with E-state index >= 15 is 0 Å². The second-order valence-corrected chi connectivity index (χ2v) is 8.85. The molecule has 4 nitrogen and oxygen atoms in total. The molecule has 2 unspecified atom stereocenters. The lowest BCUT2D eigenvalue weighted by molar-refractivity contribution is 0.620. The fourth-order valence-corrected chi connectivity index (χ4v) is 5.54. The molecule has 0 N–H and O–H groups in total. The van der Waals surface area contributed by atoms with Gasteiger partial charge < -0.3 is 13.7 Å². The van der Waals surface area contributed by atoms with E-state index in [2.05, 4.69) is 58.5 Å². The molecule has 2 aromatic heterocycles. The van der Waals surface area contributed by atoms with Gasteiger partial charge in [0.1, 0.15) is 11.1 Å². The topological polar surface area (TPSA) is 42.4 Å². The monoisotopic (exact) mass is 456 g/mol. The Labute approximate surface area is 207 Å². The fourth-order valence-electron chi connectivity index (χ4n) is 5.54. The summed E-state index contributed by atoms with van der Waals surface area (Å²) in [6.07, 6.45) is 8.64. The molecule has 0 amide bonds. The first kappa shape index (κ1) is 15.4. The summed E-state index contributed by atoms with van der Waals surface area (Å²) in [5.74, 6) is 0.451. The Balaban J connectivity index is 1.42. The van der Waals surface area contributed by atoms with E-state index < -0.39 is 0 Å². The number of para-hydroxylation sites is 4. The summed E-state index contributed by atoms with van der Waals surface area (Å²) in [5.41, 5.74) is 5.54. The van der Waals surface area contributed by atoms with Crippen molar-refractivity contribution in [2.45, 2.75) is 12.0 Å². The number of aromatic nitrogens is 1. The number of fused-ring (bicyclic) bond motifs is 7. The van der Waals surface area contributed by atoms with Gasteiger partial charge in [0, 0.05) is 27.9 Å². The van der Waals surface area contributed by atoms with Gasteiger partial charge in [-0.25, -0.2) is 4.98 Å². The van der Waals surface area contributed by atoms with Crippen LogP contribution in [0.5, 0.6) is 0 Å². The van der Waals surface area contributed by atoms with Crippen molar-refractivity contribution in [1.29, 1.82) is 0 Å². The molecule has 35 heavy (non-hydrogen) atoms. The molecule has 0 saturated carbocycles. The van der Waals surface area contributed by atoms with Crippen molar-refractivity contribution in [3.63, 3.8) is 0 Å². The third-order valence-corrected chi connectivity index (χ3v) is 7.00. The van der Waals surface area contributed by atoms with Crippen LogP contribution >= 0.6 is 0 Å². The standard InChI is InChI=1S/C31H20N2O2/c1-5-13-24-19(9-1)20-10-2-6-14-25(20)33(24)26-18-17-22(31-32-23-12-4-8-16-28(23)35-31)29-21-11-3-7-15-27(21)34-30(26)29/h1-19,24H/i4D,8D,12D,16D. The molecule has 0 fully saturated rings. The van der Waals surface area contributed by atoms with E-state index in [1.165, 1.54) is 5.56 Å². The minimum atomic E-state index is -0.346. The summed E-state index contributed by atoms with van der Waals surface area (Å²) in [7, 11) is 0. The zero-order valence-corrected chi connectivity index (χ0v) is 18.4. The normalized spacial score (nSPS) is 20.2. The predicted octanol–water partition coefficient (Wildman–Crippen LogP) is 8.12. The number of hydrogen-bond donors (Lipinski definition) is 0. The summed E-state index contributed by atoms with van der Waals surface area (Å²) in [4.78, 5) is 6.88. The number of rotatable bonds is 2. The van der Waals surface area contributed by atoms with Crippen LogP contribution in [0, 0.1) is 0 Å². The Morgan fingerprint density at radius 2 is 1.66 bits per heavy atom. The average molecular weight is 457 g/mol. The van der Waals surface area contributed by atoms with Gasteiger partial charge in [-0.3, -0.25) is 0 Å². The summed E-state index contributed by atoms with van der Waals surface area (Å²) < 4.78 is 45.3. The maximum atomic E-state index is 8.32. The molecule has 2 aliphatic rings. The van der Waals surface area contributed by atoms with Gasteiger partial charge in [0.05, 0.1) is 17.2 Å². The number of nitrogens with zero attached hydrogens (tertiary/aromatic N) is 2. The lowest BCUT2D eigenvalue weighted by Crippen LogP contribution is -2.28. The number of furan rings is 1. The number of hydrogen-bond acceptors (Lipinski definition) is 4. The van der Waals surface area contributed by atoms with Crippen LogP contribution in [0.4, 0.5) is 11.4 Å². The van der Waals surface area contributed by atoms with E-state index in [9.17, 15) is 0 Å². The smallest absolute Gasteiger partial charge is 0.228 e. The van der Waals surface area contributed by atoms with Crippen molar-refractivity contribution in [1.82, 2.24) is 4.98 Å². The Kier molecular flexibility index (Phi) is 3.06. The molecule has 166 valence electrons. The third-order valence-electron chi connectivity index (χ3n) is 7.00. The Bertz CT molecular complexity index is 2010. The maximum Gasteiger partial charge on any atom is 0.228 e. The molecule has 8 rings (SSSR count). The molecule has 4 heteroatoms. The van der Waals surface area contributed by atoms with E-state index in [1.807, 2.05) is 36.4 Å². The highest BCUT2D eigenvalue weighted by Crippen LogP contribution is 2.51. The van der Waals surface area contributed by atoms with Crippen LogP contribution in [-0.2, 0) is 0 Å². The fraction of sp³-hybridized carbons (Fsp3) is 0.0645. The third kappa shape index (κ3) is 2.59. The van der Waals surface area contributed by atoms with Crippen molar-refractivity contribution in [3.8, 4) is 11.5 Å². The summed E-state index contributed by atoms with van der Waals surface area (Å²) in [6, 6.07) is 19.2. The van der Waals surface area contributed by atoms with E-state index in [-0.39, 0.29) is 53.1 Å². The molecular formula is C31H20N2O2. The molecule has 0 spiro atoms. The van der Waals surface area contributed by atoms with Crippen LogP contribution in [0.2, 0.25) is 0 Å². The molecule has 2 atom stereocenters. The highest BCUT2D eigenvalue weighted by molar-refractivity contribution is 6.16.